The summed E-state index contributed by atoms with van der Waals surface area (Å²) in [7, 11) is -3.53. The van der Waals surface area contributed by atoms with E-state index >= 15 is 0 Å². The first kappa shape index (κ1) is 27.9. The van der Waals surface area contributed by atoms with Crippen LogP contribution in [0, 0.1) is 13.8 Å². The van der Waals surface area contributed by atoms with E-state index in [9.17, 15) is 18.0 Å². The number of anilines is 1. The molecule has 0 radical (unpaired) electrons. The first-order valence-electron chi connectivity index (χ1n) is 11.3. The number of rotatable bonds is 11. The van der Waals surface area contributed by atoms with Gasteiger partial charge in [-0.15, -0.1) is 0 Å². The summed E-state index contributed by atoms with van der Waals surface area (Å²) in [5.41, 5.74) is 3.33. The van der Waals surface area contributed by atoms with Gasteiger partial charge in [-0.05, 0) is 69.0 Å². The number of halogens is 1. The summed E-state index contributed by atoms with van der Waals surface area (Å²) in [5, 5.41) is 2.78. The number of hydrogen-bond donors (Lipinski definition) is 1. The summed E-state index contributed by atoms with van der Waals surface area (Å²) in [5.74, 6) is -0.424. The Labute approximate surface area is 211 Å². The van der Waals surface area contributed by atoms with Crippen molar-refractivity contribution in [2.24, 2.45) is 0 Å². The zero-order valence-corrected chi connectivity index (χ0v) is 22.9. The number of nitrogens with zero attached hydrogens (tertiary/aromatic N) is 2. The van der Waals surface area contributed by atoms with Crippen molar-refractivity contribution in [1.29, 1.82) is 0 Å². The first-order chi connectivity index (χ1) is 15.9. The highest BCUT2D eigenvalue weighted by Gasteiger charge is 2.26. The molecule has 2 aromatic rings. The van der Waals surface area contributed by atoms with Gasteiger partial charge in [0.15, 0.2) is 0 Å². The van der Waals surface area contributed by atoms with Crippen molar-refractivity contribution in [3.05, 3.63) is 63.6 Å². The zero-order chi connectivity index (χ0) is 25.5. The Kier molecular flexibility index (Phi) is 10.1. The number of carbonyl (C=O) groups is 2. The van der Waals surface area contributed by atoms with E-state index in [1.807, 2.05) is 63.2 Å². The minimum Gasteiger partial charge on any atom is -0.355 e. The lowest BCUT2D eigenvalue weighted by Crippen LogP contribution is -2.47. The zero-order valence-electron chi connectivity index (χ0n) is 20.5. The predicted molar refractivity (Wildman–Crippen MR) is 140 cm³/mol. The molecule has 9 heteroatoms. The largest absolute Gasteiger partial charge is 0.355 e. The summed E-state index contributed by atoms with van der Waals surface area (Å²) in [4.78, 5) is 27.3. The molecule has 0 unspecified atom stereocenters. The molecule has 34 heavy (non-hydrogen) atoms. The Morgan fingerprint density at radius 3 is 2.44 bits per heavy atom. The van der Waals surface area contributed by atoms with Crippen molar-refractivity contribution in [2.45, 2.75) is 53.1 Å². The van der Waals surface area contributed by atoms with Crippen molar-refractivity contribution in [2.75, 3.05) is 23.7 Å². The highest BCUT2D eigenvalue weighted by Crippen LogP contribution is 2.25. The summed E-state index contributed by atoms with van der Waals surface area (Å²) < 4.78 is 27.3. The third kappa shape index (κ3) is 7.84. The second-order valence-corrected chi connectivity index (χ2v) is 11.3. The molecule has 0 spiro atoms. The molecule has 0 aromatic heterocycles. The summed E-state index contributed by atoms with van der Waals surface area (Å²) in [6.07, 6.45) is 1.62. The maximum Gasteiger partial charge on any atom is 0.242 e. The van der Waals surface area contributed by atoms with Crippen molar-refractivity contribution < 1.29 is 18.0 Å². The molecule has 0 saturated heterocycles. The first-order valence-corrected chi connectivity index (χ1v) is 13.9. The number of amides is 2. The Morgan fingerprint density at radius 2 is 1.82 bits per heavy atom. The topological polar surface area (TPSA) is 86.8 Å². The molecule has 2 rings (SSSR count). The van der Waals surface area contributed by atoms with E-state index in [1.165, 1.54) is 10.6 Å². The van der Waals surface area contributed by atoms with Gasteiger partial charge in [-0.2, -0.15) is 0 Å². The molecule has 0 aliphatic carbocycles. The Bertz CT molecular complexity index is 1120. The van der Waals surface area contributed by atoms with Gasteiger partial charge >= 0.3 is 0 Å². The fraction of sp³-hybridized carbons (Fsp3) is 0.440. The molecule has 0 saturated carbocycles. The highest BCUT2D eigenvalue weighted by molar-refractivity contribution is 9.10. The molecule has 0 heterocycles. The van der Waals surface area contributed by atoms with Crippen LogP contribution in [0.2, 0.25) is 0 Å². The lowest BCUT2D eigenvalue weighted by molar-refractivity contribution is -0.140. The smallest absolute Gasteiger partial charge is 0.242 e. The van der Waals surface area contributed by atoms with Crippen LogP contribution >= 0.6 is 15.9 Å². The Hall–Kier alpha value is -2.39. The van der Waals surface area contributed by atoms with Crippen LogP contribution in [0.3, 0.4) is 0 Å². The monoisotopic (exact) mass is 551 g/mol. The van der Waals surface area contributed by atoms with Crippen molar-refractivity contribution in [3.63, 3.8) is 0 Å². The average Bonchev–Trinajstić information content (AvgIpc) is 2.75. The van der Waals surface area contributed by atoms with Gasteiger partial charge in [0.05, 0.1) is 11.9 Å². The third-order valence-corrected chi connectivity index (χ3v) is 7.22. The van der Waals surface area contributed by atoms with E-state index < -0.39 is 16.1 Å². The molecule has 7 nitrogen and oxygen atoms in total. The molecular formula is C25H34BrN3O4S. The number of aryl methyl sites for hydroxylation is 2. The number of benzene rings is 2. The molecule has 2 amide bonds. The minimum absolute atomic E-state index is 0.120. The van der Waals surface area contributed by atoms with E-state index in [2.05, 4.69) is 21.2 Å². The van der Waals surface area contributed by atoms with E-state index in [4.69, 9.17) is 0 Å². The minimum atomic E-state index is -3.53. The lowest BCUT2D eigenvalue weighted by atomic mass is 10.1. The van der Waals surface area contributed by atoms with Crippen LogP contribution in [0.4, 0.5) is 5.69 Å². The van der Waals surface area contributed by atoms with Crippen molar-refractivity contribution in [1.82, 2.24) is 10.2 Å². The number of hydrogen-bond acceptors (Lipinski definition) is 4. The van der Waals surface area contributed by atoms with Crippen LogP contribution in [-0.4, -0.2) is 50.5 Å². The van der Waals surface area contributed by atoms with Gasteiger partial charge in [0, 0.05) is 30.5 Å². The van der Waals surface area contributed by atoms with Gasteiger partial charge in [-0.1, -0.05) is 40.2 Å². The fourth-order valence-electron chi connectivity index (χ4n) is 3.71. The van der Waals surface area contributed by atoms with Crippen LogP contribution in [0.25, 0.3) is 0 Å². The van der Waals surface area contributed by atoms with Gasteiger partial charge in [0.2, 0.25) is 21.8 Å². The molecule has 1 atom stereocenters. The molecule has 0 bridgehead atoms. The SMILES string of the molecule is CCNC(=O)[C@H](C)N(Cc1cccc(Br)c1)C(=O)CCCN(c1cc(C)ccc1C)S(C)(=O)=O. The number of likely N-dealkylation sites (N-methyl/N-ethyl adjacent to an activating group) is 1. The van der Waals surface area contributed by atoms with Crippen LogP contribution in [-0.2, 0) is 26.2 Å². The second-order valence-electron chi connectivity index (χ2n) is 8.45. The lowest BCUT2D eigenvalue weighted by Gasteiger charge is -2.29. The van der Waals surface area contributed by atoms with Crippen LogP contribution < -0.4 is 9.62 Å². The van der Waals surface area contributed by atoms with E-state index in [-0.39, 0.29) is 31.3 Å². The number of carbonyl (C=O) groups excluding carboxylic acids is 2. The highest BCUT2D eigenvalue weighted by atomic mass is 79.9. The second kappa shape index (κ2) is 12.4. The number of sulfonamides is 1. The Morgan fingerprint density at radius 1 is 1.12 bits per heavy atom. The standard InChI is InChI=1S/C25H34BrN3O4S/c1-6-27-25(31)20(4)28(17-21-9-7-10-22(26)16-21)24(30)11-8-14-29(34(5,32)33)23-15-18(2)12-13-19(23)3/h7,9-10,12-13,15-16,20H,6,8,11,14,17H2,1-5H3,(H,27,31)/t20-/m0/s1. The molecule has 2 aromatic carbocycles. The van der Waals surface area contributed by atoms with Crippen LogP contribution in [0.5, 0.6) is 0 Å². The molecule has 0 aliphatic heterocycles. The van der Waals surface area contributed by atoms with Gasteiger partial charge in [-0.25, -0.2) is 8.42 Å². The molecule has 186 valence electrons. The fourth-order valence-corrected chi connectivity index (χ4v) is 5.17. The van der Waals surface area contributed by atoms with Crippen LogP contribution in [0.1, 0.15) is 43.4 Å². The number of nitrogens with one attached hydrogen (secondary N) is 1. The van der Waals surface area contributed by atoms with E-state index in [0.29, 0.717) is 18.7 Å². The summed E-state index contributed by atoms with van der Waals surface area (Å²) >= 11 is 3.44. The normalized spacial score (nSPS) is 12.2. The average molecular weight is 553 g/mol. The third-order valence-electron chi connectivity index (χ3n) is 5.55. The van der Waals surface area contributed by atoms with Crippen molar-refractivity contribution in [3.8, 4) is 0 Å². The summed E-state index contributed by atoms with van der Waals surface area (Å²) in [6, 6.07) is 12.6. The predicted octanol–water partition coefficient (Wildman–Crippen LogP) is 4.17. The van der Waals surface area contributed by atoms with Gasteiger partial charge in [-0.3, -0.25) is 13.9 Å². The Balaban J connectivity index is 2.19. The van der Waals surface area contributed by atoms with Crippen LogP contribution in [0.15, 0.2) is 46.9 Å². The maximum absolute atomic E-state index is 13.2. The molecule has 0 fully saturated rings. The molecule has 0 aliphatic rings. The van der Waals surface area contributed by atoms with E-state index in [1.54, 1.807) is 11.8 Å². The molecular weight excluding hydrogens is 518 g/mol. The maximum atomic E-state index is 13.2. The van der Waals surface area contributed by atoms with E-state index in [0.717, 1.165) is 21.2 Å². The van der Waals surface area contributed by atoms with Gasteiger partial charge in [0.25, 0.3) is 0 Å². The van der Waals surface area contributed by atoms with Crippen molar-refractivity contribution >= 4 is 43.5 Å². The summed E-state index contributed by atoms with van der Waals surface area (Å²) in [6.45, 7) is 8.25. The molecule has 1 N–H and O–H groups in total. The van der Waals surface area contributed by atoms with Gasteiger partial charge < -0.3 is 10.2 Å². The quantitative estimate of drug-likeness (QED) is 0.454. The van der Waals surface area contributed by atoms with Gasteiger partial charge in [0.1, 0.15) is 6.04 Å².